The zero-order valence-electron chi connectivity index (χ0n) is 9.12. The molecule has 0 saturated carbocycles. The number of allylic oxidation sites excluding steroid dienone is 1. The first-order chi connectivity index (χ1) is 6.61. The van der Waals surface area contributed by atoms with Gasteiger partial charge < -0.3 is 4.90 Å². The molecule has 0 saturated heterocycles. The third-order valence-electron chi connectivity index (χ3n) is 2.44. The Morgan fingerprint density at radius 3 is 2.57 bits per heavy atom. The minimum atomic E-state index is 0.0829. The fourth-order valence-electron chi connectivity index (χ4n) is 1.57. The van der Waals surface area contributed by atoms with E-state index < -0.39 is 0 Å². The van der Waals surface area contributed by atoms with Gasteiger partial charge in [-0.05, 0) is 18.4 Å². The van der Waals surface area contributed by atoms with Gasteiger partial charge in [-0.25, -0.2) is 0 Å². The van der Waals surface area contributed by atoms with Crippen LogP contribution >= 0.6 is 0 Å². The van der Waals surface area contributed by atoms with Gasteiger partial charge in [-0.1, -0.05) is 33.3 Å². The average molecular weight is 193 g/mol. The maximum absolute atomic E-state index is 11.3. The van der Waals surface area contributed by atoms with Crippen LogP contribution in [0.1, 0.15) is 33.1 Å². The van der Waals surface area contributed by atoms with Crippen LogP contribution in [0.5, 0.6) is 0 Å². The molecule has 0 bridgehead atoms. The van der Waals surface area contributed by atoms with Crippen LogP contribution in [0, 0.1) is 5.92 Å². The van der Waals surface area contributed by atoms with Crippen molar-refractivity contribution < 1.29 is 4.79 Å². The molecule has 0 aliphatic carbocycles. The maximum atomic E-state index is 11.3. The predicted molar refractivity (Wildman–Crippen MR) is 58.7 cm³/mol. The first-order valence-electron chi connectivity index (χ1n) is 5.29. The number of unbranched alkanes of at least 4 members (excludes halogenated alkanes) is 1. The van der Waals surface area contributed by atoms with E-state index in [4.69, 9.17) is 0 Å². The number of carbonyl (C=O) groups is 1. The molecule has 0 spiro atoms. The van der Waals surface area contributed by atoms with Crippen LogP contribution in [0.4, 0.5) is 0 Å². The van der Waals surface area contributed by atoms with E-state index in [1.165, 1.54) is 12.8 Å². The maximum Gasteiger partial charge on any atom is 0.251 e. The lowest BCUT2D eigenvalue weighted by molar-refractivity contribution is -0.123. The topological polar surface area (TPSA) is 20.3 Å². The van der Waals surface area contributed by atoms with Crippen LogP contribution in [0.3, 0.4) is 0 Å². The molecule has 1 amide bonds. The molecule has 2 nitrogen and oxygen atoms in total. The largest absolute Gasteiger partial charge is 0.309 e. The van der Waals surface area contributed by atoms with E-state index in [2.05, 4.69) is 20.4 Å². The van der Waals surface area contributed by atoms with Crippen molar-refractivity contribution in [1.29, 1.82) is 0 Å². The number of amides is 1. The molecule has 14 heavy (non-hydrogen) atoms. The Kier molecular flexibility index (Phi) is 3.93. The Hall–Kier alpha value is -1.05. The first-order valence-corrected chi connectivity index (χ1v) is 5.29. The number of nitrogens with zero attached hydrogens (tertiary/aromatic N) is 1. The Bertz CT molecular complexity index is 235. The van der Waals surface area contributed by atoms with Crippen molar-refractivity contribution in [3.63, 3.8) is 0 Å². The molecular formula is C12H19NO. The standard InChI is InChI=1S/C12H19NO/c1-10(2)6-4-5-9-13-11(3)7-8-12(13)14/h7-8,10H,3-6,9H2,1-2H3. The fourth-order valence-corrected chi connectivity index (χ4v) is 1.57. The highest BCUT2D eigenvalue weighted by Crippen LogP contribution is 2.15. The summed E-state index contributed by atoms with van der Waals surface area (Å²) in [5, 5.41) is 0. The lowest BCUT2D eigenvalue weighted by Crippen LogP contribution is -2.24. The monoisotopic (exact) mass is 193 g/mol. The summed E-state index contributed by atoms with van der Waals surface area (Å²) >= 11 is 0. The van der Waals surface area contributed by atoms with Gasteiger partial charge in [0, 0.05) is 18.3 Å². The van der Waals surface area contributed by atoms with E-state index >= 15 is 0 Å². The van der Waals surface area contributed by atoms with Gasteiger partial charge in [-0.3, -0.25) is 4.79 Å². The van der Waals surface area contributed by atoms with Crippen molar-refractivity contribution >= 4 is 5.91 Å². The van der Waals surface area contributed by atoms with Gasteiger partial charge >= 0.3 is 0 Å². The zero-order chi connectivity index (χ0) is 10.6. The Morgan fingerprint density at radius 2 is 2.07 bits per heavy atom. The van der Waals surface area contributed by atoms with Gasteiger partial charge in [0.05, 0.1) is 0 Å². The molecule has 1 aliphatic heterocycles. The molecule has 1 rings (SSSR count). The van der Waals surface area contributed by atoms with Gasteiger partial charge in [0.15, 0.2) is 0 Å². The van der Waals surface area contributed by atoms with Crippen LogP contribution < -0.4 is 0 Å². The summed E-state index contributed by atoms with van der Waals surface area (Å²) < 4.78 is 0. The summed E-state index contributed by atoms with van der Waals surface area (Å²) in [6, 6.07) is 0. The molecule has 0 radical (unpaired) electrons. The fraction of sp³-hybridized carbons (Fsp3) is 0.583. The minimum absolute atomic E-state index is 0.0829. The van der Waals surface area contributed by atoms with E-state index in [0.717, 1.165) is 24.6 Å². The molecular weight excluding hydrogens is 174 g/mol. The zero-order valence-corrected chi connectivity index (χ0v) is 9.12. The first kappa shape index (κ1) is 11.0. The second-order valence-corrected chi connectivity index (χ2v) is 4.20. The number of hydrogen-bond acceptors (Lipinski definition) is 1. The highest BCUT2D eigenvalue weighted by Gasteiger charge is 2.17. The Labute approximate surface area is 86.3 Å². The molecule has 0 aromatic rings. The van der Waals surface area contributed by atoms with E-state index in [-0.39, 0.29) is 5.91 Å². The van der Waals surface area contributed by atoms with Crippen molar-refractivity contribution in [3.8, 4) is 0 Å². The van der Waals surface area contributed by atoms with Crippen LogP contribution in [-0.2, 0) is 4.79 Å². The van der Waals surface area contributed by atoms with Crippen LogP contribution in [0.2, 0.25) is 0 Å². The van der Waals surface area contributed by atoms with E-state index in [0.29, 0.717) is 0 Å². The molecule has 2 heteroatoms. The summed E-state index contributed by atoms with van der Waals surface area (Å²) in [6.07, 6.45) is 6.87. The van der Waals surface area contributed by atoms with Gasteiger partial charge in [0.1, 0.15) is 0 Å². The van der Waals surface area contributed by atoms with Gasteiger partial charge in [-0.15, -0.1) is 0 Å². The smallest absolute Gasteiger partial charge is 0.251 e. The van der Waals surface area contributed by atoms with Crippen molar-refractivity contribution in [3.05, 3.63) is 24.4 Å². The predicted octanol–water partition coefficient (Wildman–Crippen LogP) is 2.72. The molecule has 0 aromatic heterocycles. The number of carbonyl (C=O) groups excluding carboxylic acids is 1. The SMILES string of the molecule is C=C1C=CC(=O)N1CCCCC(C)C. The third kappa shape index (κ3) is 3.02. The summed E-state index contributed by atoms with van der Waals surface area (Å²) in [7, 11) is 0. The normalized spacial score (nSPS) is 16.1. The highest BCUT2D eigenvalue weighted by atomic mass is 16.2. The van der Waals surface area contributed by atoms with Crippen molar-refractivity contribution in [2.24, 2.45) is 5.92 Å². The third-order valence-corrected chi connectivity index (χ3v) is 2.44. The molecule has 0 atom stereocenters. The quantitative estimate of drug-likeness (QED) is 0.615. The Morgan fingerprint density at radius 1 is 1.36 bits per heavy atom. The molecule has 0 N–H and O–H groups in total. The lowest BCUT2D eigenvalue weighted by atomic mass is 10.1. The second-order valence-electron chi connectivity index (χ2n) is 4.20. The van der Waals surface area contributed by atoms with Crippen LogP contribution in [0.15, 0.2) is 24.4 Å². The Balaban J connectivity index is 2.19. The van der Waals surface area contributed by atoms with E-state index in [1.54, 1.807) is 17.1 Å². The van der Waals surface area contributed by atoms with Gasteiger partial charge in [-0.2, -0.15) is 0 Å². The molecule has 0 fully saturated rings. The molecule has 1 aliphatic rings. The van der Waals surface area contributed by atoms with Crippen LogP contribution in [-0.4, -0.2) is 17.4 Å². The molecule has 0 aromatic carbocycles. The summed E-state index contributed by atoms with van der Waals surface area (Å²) in [5.41, 5.74) is 0.833. The van der Waals surface area contributed by atoms with Gasteiger partial charge in [0.25, 0.3) is 5.91 Å². The summed E-state index contributed by atoms with van der Waals surface area (Å²) in [6.45, 7) is 9.08. The van der Waals surface area contributed by atoms with Crippen LogP contribution in [0.25, 0.3) is 0 Å². The minimum Gasteiger partial charge on any atom is -0.309 e. The van der Waals surface area contributed by atoms with Crippen molar-refractivity contribution in [2.75, 3.05) is 6.54 Å². The molecule has 78 valence electrons. The molecule has 0 unspecified atom stereocenters. The van der Waals surface area contributed by atoms with E-state index in [9.17, 15) is 4.79 Å². The van der Waals surface area contributed by atoms with E-state index in [1.807, 2.05) is 0 Å². The number of rotatable bonds is 5. The number of hydrogen-bond donors (Lipinski definition) is 0. The highest BCUT2D eigenvalue weighted by molar-refractivity contribution is 5.92. The molecule has 1 heterocycles. The van der Waals surface area contributed by atoms with Crippen molar-refractivity contribution in [1.82, 2.24) is 4.90 Å². The van der Waals surface area contributed by atoms with Gasteiger partial charge in [0.2, 0.25) is 0 Å². The lowest BCUT2D eigenvalue weighted by Gasteiger charge is -2.17. The summed E-state index contributed by atoms with van der Waals surface area (Å²) in [4.78, 5) is 13.0. The second kappa shape index (κ2) is 4.99. The average Bonchev–Trinajstić information content (AvgIpc) is 2.42. The summed E-state index contributed by atoms with van der Waals surface area (Å²) in [5.74, 6) is 0.838. The van der Waals surface area contributed by atoms with Crippen molar-refractivity contribution in [2.45, 2.75) is 33.1 Å².